The largest absolute Gasteiger partial charge is 0.380 e. The number of carbonyl (C=O) groups excluding carboxylic acids is 1. The number of rotatable bonds is 5. The fourth-order valence-corrected chi connectivity index (χ4v) is 4.74. The highest BCUT2D eigenvalue weighted by Gasteiger charge is 2.48. The number of nitrogens with one attached hydrogen (secondary N) is 2. The number of hydrogen-bond acceptors (Lipinski definition) is 4. The van der Waals surface area contributed by atoms with Gasteiger partial charge in [-0.15, -0.1) is 0 Å². The predicted octanol–water partition coefficient (Wildman–Crippen LogP) is 5.38. The summed E-state index contributed by atoms with van der Waals surface area (Å²) in [5.74, 6) is 0.530. The van der Waals surface area contributed by atoms with Crippen LogP contribution in [0.3, 0.4) is 0 Å². The Morgan fingerprint density at radius 1 is 1.06 bits per heavy atom. The second-order valence-electron chi connectivity index (χ2n) is 9.90. The average Bonchev–Trinajstić information content (AvgIpc) is 3.38. The number of carbonyl (C=O) groups is 1. The Kier molecular flexibility index (Phi) is 4.77. The molecule has 3 aromatic rings. The second kappa shape index (κ2) is 7.38. The SMILES string of the molecule is CC1(C)CCCC(n2c(Nc3ccc(NC(=O)C4(O)CC4)cc3)nc3ccccc32)C1. The van der Waals surface area contributed by atoms with Gasteiger partial charge >= 0.3 is 0 Å². The number of fused-ring (bicyclic) bond motifs is 1. The second-order valence-corrected chi connectivity index (χ2v) is 9.90. The van der Waals surface area contributed by atoms with E-state index in [1.54, 1.807) is 0 Å². The van der Waals surface area contributed by atoms with Crippen LogP contribution in [0.4, 0.5) is 17.3 Å². The highest BCUT2D eigenvalue weighted by atomic mass is 16.3. The van der Waals surface area contributed by atoms with Gasteiger partial charge < -0.3 is 20.3 Å². The monoisotopic (exact) mass is 418 g/mol. The highest BCUT2D eigenvalue weighted by molar-refractivity contribution is 5.99. The van der Waals surface area contributed by atoms with E-state index in [-0.39, 0.29) is 5.91 Å². The lowest BCUT2D eigenvalue weighted by atomic mass is 9.75. The molecule has 6 nitrogen and oxygen atoms in total. The number of aliphatic hydroxyl groups is 1. The molecule has 3 N–H and O–H groups in total. The number of nitrogens with zero attached hydrogens (tertiary/aromatic N) is 2. The maximum Gasteiger partial charge on any atom is 0.256 e. The standard InChI is InChI=1S/C25H30N4O2/c1-24(2)13-5-6-19(16-24)29-21-8-4-3-7-20(21)28-23(29)27-18-11-9-17(10-12-18)26-22(30)25(31)14-15-25/h3-4,7-12,19,31H,5-6,13-16H2,1-2H3,(H,26,30)(H,27,28). The molecular weight excluding hydrogens is 388 g/mol. The Balaban J connectivity index is 1.40. The van der Waals surface area contributed by atoms with Crippen molar-refractivity contribution in [1.29, 1.82) is 0 Å². The lowest BCUT2D eigenvalue weighted by Gasteiger charge is -2.36. The molecule has 31 heavy (non-hydrogen) atoms. The zero-order chi connectivity index (χ0) is 21.6. The van der Waals surface area contributed by atoms with Gasteiger partial charge in [0.05, 0.1) is 11.0 Å². The summed E-state index contributed by atoms with van der Waals surface area (Å²) in [5.41, 5.74) is 2.91. The minimum atomic E-state index is -1.17. The molecule has 0 saturated heterocycles. The summed E-state index contributed by atoms with van der Waals surface area (Å²) in [6.07, 6.45) is 5.85. The number of aromatic nitrogens is 2. The number of amides is 1. The molecule has 2 aliphatic carbocycles. The first-order valence-corrected chi connectivity index (χ1v) is 11.2. The van der Waals surface area contributed by atoms with E-state index in [4.69, 9.17) is 4.98 Å². The number of imidazole rings is 1. The minimum absolute atomic E-state index is 0.324. The first kappa shape index (κ1) is 20.1. The van der Waals surface area contributed by atoms with Crippen molar-refractivity contribution < 1.29 is 9.90 Å². The van der Waals surface area contributed by atoms with Gasteiger partial charge in [-0.3, -0.25) is 4.79 Å². The fourth-order valence-electron chi connectivity index (χ4n) is 4.74. The van der Waals surface area contributed by atoms with Crippen LogP contribution in [0.25, 0.3) is 11.0 Å². The molecule has 2 fully saturated rings. The van der Waals surface area contributed by atoms with Crippen molar-refractivity contribution in [2.24, 2.45) is 5.41 Å². The Bertz CT molecular complexity index is 1110. The summed E-state index contributed by atoms with van der Waals surface area (Å²) in [7, 11) is 0. The van der Waals surface area contributed by atoms with Crippen LogP contribution in [0.5, 0.6) is 0 Å². The van der Waals surface area contributed by atoms with E-state index in [1.807, 2.05) is 30.3 Å². The third-order valence-corrected chi connectivity index (χ3v) is 6.69. The third kappa shape index (κ3) is 4.04. The summed E-state index contributed by atoms with van der Waals surface area (Å²) in [6, 6.07) is 16.3. The first-order valence-electron chi connectivity index (χ1n) is 11.2. The smallest absolute Gasteiger partial charge is 0.256 e. The predicted molar refractivity (Wildman–Crippen MR) is 124 cm³/mol. The quantitative estimate of drug-likeness (QED) is 0.519. The molecule has 1 heterocycles. The van der Waals surface area contributed by atoms with E-state index in [0.29, 0.717) is 30.0 Å². The summed E-state index contributed by atoms with van der Waals surface area (Å²) < 4.78 is 2.37. The molecule has 2 aromatic carbocycles. The van der Waals surface area contributed by atoms with Gasteiger partial charge in [0.1, 0.15) is 5.60 Å². The van der Waals surface area contributed by atoms with Crippen molar-refractivity contribution in [2.75, 3.05) is 10.6 Å². The fraction of sp³-hybridized carbons (Fsp3) is 0.440. The van der Waals surface area contributed by atoms with E-state index < -0.39 is 5.60 Å². The molecule has 0 radical (unpaired) electrons. The van der Waals surface area contributed by atoms with Crippen molar-refractivity contribution >= 4 is 34.3 Å². The van der Waals surface area contributed by atoms with Crippen LogP contribution in [0.1, 0.15) is 58.4 Å². The molecule has 162 valence electrons. The van der Waals surface area contributed by atoms with Crippen LogP contribution in [0.15, 0.2) is 48.5 Å². The zero-order valence-electron chi connectivity index (χ0n) is 18.2. The molecule has 2 aliphatic rings. The van der Waals surface area contributed by atoms with E-state index in [2.05, 4.69) is 47.2 Å². The maximum atomic E-state index is 12.1. The maximum absolute atomic E-state index is 12.1. The summed E-state index contributed by atoms with van der Waals surface area (Å²) in [5, 5.41) is 16.2. The lowest BCUT2D eigenvalue weighted by molar-refractivity contribution is -0.125. The molecule has 0 aliphatic heterocycles. The number of anilines is 3. The van der Waals surface area contributed by atoms with Crippen molar-refractivity contribution in [3.63, 3.8) is 0 Å². The average molecular weight is 419 g/mol. The molecule has 0 spiro atoms. The molecule has 2 saturated carbocycles. The van der Waals surface area contributed by atoms with Crippen molar-refractivity contribution in [3.8, 4) is 0 Å². The summed E-state index contributed by atoms with van der Waals surface area (Å²) in [6.45, 7) is 4.72. The van der Waals surface area contributed by atoms with Gasteiger partial charge in [0.15, 0.2) is 0 Å². The van der Waals surface area contributed by atoms with Gasteiger partial charge in [0.25, 0.3) is 5.91 Å². The molecule has 1 unspecified atom stereocenters. The van der Waals surface area contributed by atoms with E-state index in [9.17, 15) is 9.90 Å². The molecule has 0 bridgehead atoms. The third-order valence-electron chi connectivity index (χ3n) is 6.69. The Hall–Kier alpha value is -2.86. The Morgan fingerprint density at radius 2 is 1.77 bits per heavy atom. The van der Waals surface area contributed by atoms with Crippen LogP contribution in [-0.2, 0) is 4.79 Å². The lowest BCUT2D eigenvalue weighted by Crippen LogP contribution is -2.29. The van der Waals surface area contributed by atoms with E-state index in [1.165, 1.54) is 12.8 Å². The molecule has 6 heteroatoms. The normalized spacial score (nSPS) is 21.6. The van der Waals surface area contributed by atoms with Crippen LogP contribution < -0.4 is 10.6 Å². The number of benzene rings is 2. The van der Waals surface area contributed by atoms with E-state index in [0.717, 1.165) is 35.5 Å². The molecule has 1 aromatic heterocycles. The van der Waals surface area contributed by atoms with Crippen molar-refractivity contribution in [3.05, 3.63) is 48.5 Å². The van der Waals surface area contributed by atoms with Crippen LogP contribution in [0.2, 0.25) is 0 Å². The molecule has 1 amide bonds. The van der Waals surface area contributed by atoms with Crippen LogP contribution in [0, 0.1) is 5.41 Å². The van der Waals surface area contributed by atoms with Gasteiger partial charge in [-0.1, -0.05) is 32.4 Å². The highest BCUT2D eigenvalue weighted by Crippen LogP contribution is 2.43. The van der Waals surface area contributed by atoms with Crippen LogP contribution >= 0.6 is 0 Å². The van der Waals surface area contributed by atoms with Crippen molar-refractivity contribution in [1.82, 2.24) is 9.55 Å². The number of hydrogen-bond donors (Lipinski definition) is 3. The van der Waals surface area contributed by atoms with Crippen LogP contribution in [-0.4, -0.2) is 26.2 Å². The number of para-hydroxylation sites is 2. The van der Waals surface area contributed by atoms with Gasteiger partial charge in [0, 0.05) is 17.4 Å². The van der Waals surface area contributed by atoms with Gasteiger partial charge in [-0.25, -0.2) is 4.98 Å². The Morgan fingerprint density at radius 3 is 2.48 bits per heavy atom. The minimum Gasteiger partial charge on any atom is -0.380 e. The Labute approximate surface area is 182 Å². The van der Waals surface area contributed by atoms with E-state index >= 15 is 0 Å². The summed E-state index contributed by atoms with van der Waals surface area (Å²) >= 11 is 0. The van der Waals surface area contributed by atoms with Gasteiger partial charge in [-0.05, 0) is 73.9 Å². The summed E-state index contributed by atoms with van der Waals surface area (Å²) in [4.78, 5) is 16.9. The molecule has 5 rings (SSSR count). The van der Waals surface area contributed by atoms with Gasteiger partial charge in [-0.2, -0.15) is 0 Å². The molecule has 1 atom stereocenters. The van der Waals surface area contributed by atoms with Gasteiger partial charge in [0.2, 0.25) is 5.95 Å². The first-order chi connectivity index (χ1) is 14.8. The topological polar surface area (TPSA) is 79.2 Å². The zero-order valence-corrected chi connectivity index (χ0v) is 18.2. The molecular formula is C25H30N4O2. The van der Waals surface area contributed by atoms with Crippen molar-refractivity contribution in [2.45, 2.75) is 64.0 Å².